The van der Waals surface area contributed by atoms with Crippen molar-refractivity contribution >= 4 is 51.8 Å². The van der Waals surface area contributed by atoms with Crippen LogP contribution in [0.1, 0.15) is 34.7 Å². The van der Waals surface area contributed by atoms with E-state index in [1.165, 1.54) is 0 Å². The van der Waals surface area contributed by atoms with Gasteiger partial charge in [-0.05, 0) is 36.4 Å². The van der Waals surface area contributed by atoms with Crippen LogP contribution in [-0.2, 0) is 40.3 Å². The Bertz CT molecular complexity index is 1560. The molecule has 0 atom stereocenters. The molecule has 2 aromatic rings. The topological polar surface area (TPSA) is 235 Å². The Balaban J connectivity index is 0. The first-order valence-corrected chi connectivity index (χ1v) is 14.9. The van der Waals surface area contributed by atoms with Gasteiger partial charge in [0, 0.05) is 22.3 Å². The zero-order valence-corrected chi connectivity index (χ0v) is 25.8. The molecule has 4 N–H and O–H groups in total. The number of fused-ring (bicyclic) bond motifs is 2. The van der Waals surface area contributed by atoms with Crippen LogP contribution in [0.3, 0.4) is 0 Å². The van der Waals surface area contributed by atoms with Gasteiger partial charge in [0.2, 0.25) is 20.0 Å². The fourth-order valence-corrected chi connectivity index (χ4v) is 6.72. The summed E-state index contributed by atoms with van der Waals surface area (Å²) in [6.07, 6.45) is 0. The quantitative estimate of drug-likeness (QED) is 0.139. The zero-order valence-electron chi connectivity index (χ0n) is 20.5. The van der Waals surface area contributed by atoms with Gasteiger partial charge in [-0.2, -0.15) is 26.3 Å². The van der Waals surface area contributed by atoms with E-state index >= 15 is 0 Å². The summed E-state index contributed by atoms with van der Waals surface area (Å²) < 4.78 is 113. The van der Waals surface area contributed by atoms with Crippen LogP contribution in [0, 0.1) is 0 Å². The van der Waals surface area contributed by atoms with Gasteiger partial charge >= 0.3 is 59.1 Å². The van der Waals surface area contributed by atoms with Gasteiger partial charge in [0.05, 0.1) is 9.79 Å². The van der Waals surface area contributed by atoms with Crippen LogP contribution in [-0.4, -0.2) is 66.1 Å². The van der Waals surface area contributed by atoms with E-state index in [1.54, 1.807) is 9.44 Å². The van der Waals surface area contributed by atoms with Crippen LogP contribution < -0.4 is 68.6 Å². The first kappa shape index (κ1) is 33.4. The van der Waals surface area contributed by atoms with Crippen LogP contribution in [0.2, 0.25) is 0 Å². The monoisotopic (exact) mass is 602 g/mol. The number of hydrogen-bond acceptors (Lipinski definition) is 10. The SMILES string of the molecule is O=C1c2ccc(S(=O)(=O)NCS(=O)(=O)O)cc2C(=O)c2ccc(S(=O)(=O)NCS(=O)(=O)O)cc21.[H-].[H-].[Na+].[Na+]. The van der Waals surface area contributed by atoms with Gasteiger partial charge in [0.1, 0.15) is 11.8 Å². The second-order valence-corrected chi connectivity index (χ2v) is 13.3. The van der Waals surface area contributed by atoms with E-state index in [1.807, 2.05) is 0 Å². The van der Waals surface area contributed by atoms with E-state index in [2.05, 4.69) is 0 Å². The number of ketones is 2. The van der Waals surface area contributed by atoms with E-state index in [0.717, 1.165) is 36.4 Å². The number of carbonyl (C=O) groups is 2. The minimum absolute atomic E-state index is 0. The minimum atomic E-state index is -4.68. The normalized spacial score (nSPS) is 13.7. The molecule has 14 nitrogen and oxygen atoms in total. The molecule has 0 fully saturated rings. The van der Waals surface area contributed by atoms with Gasteiger partial charge in [0.15, 0.2) is 11.6 Å². The number of benzene rings is 2. The summed E-state index contributed by atoms with van der Waals surface area (Å²) in [6.45, 7) is 0. The smallest absolute Gasteiger partial charge is 1.00 e. The largest absolute Gasteiger partial charge is 1.00 e. The Morgan fingerprint density at radius 1 is 0.583 bits per heavy atom. The molecule has 0 unspecified atom stereocenters. The van der Waals surface area contributed by atoms with Crippen LogP contribution in [0.25, 0.3) is 0 Å². The van der Waals surface area contributed by atoms with Gasteiger partial charge in [-0.1, -0.05) is 0 Å². The number of sulfonamides is 2. The van der Waals surface area contributed by atoms with Gasteiger partial charge in [-0.25, -0.2) is 16.8 Å². The molecular weight excluding hydrogens is 586 g/mol. The van der Waals surface area contributed by atoms with Crippen molar-refractivity contribution in [2.45, 2.75) is 9.79 Å². The average Bonchev–Trinajstić information content (AvgIpc) is 2.73. The van der Waals surface area contributed by atoms with Crippen molar-refractivity contribution in [3.8, 4) is 0 Å². The maximum atomic E-state index is 12.9. The molecule has 1 aliphatic rings. The minimum Gasteiger partial charge on any atom is -1.00 e. The molecule has 1 aliphatic carbocycles. The van der Waals surface area contributed by atoms with Gasteiger partial charge in [-0.3, -0.25) is 18.7 Å². The summed E-state index contributed by atoms with van der Waals surface area (Å²) in [5.41, 5.74) is -1.25. The fourth-order valence-electron chi connectivity index (χ4n) is 2.91. The second-order valence-electron chi connectivity index (χ2n) is 6.82. The third-order valence-corrected chi connectivity index (χ3v) is 8.63. The maximum absolute atomic E-state index is 12.9. The van der Waals surface area contributed by atoms with Gasteiger partial charge in [0.25, 0.3) is 20.2 Å². The Kier molecular flexibility index (Phi) is 10.8. The van der Waals surface area contributed by atoms with E-state index in [4.69, 9.17) is 9.11 Å². The standard InChI is InChI=1S/C16H14N2O12S4.2Na.2H/c19-15-11-3-1-9(33(27,28)17-7-31(21,22)23)5-13(11)16(20)12-4-2-10(6-14(12)15)34(29,30)18-8-32(24,25)26;;;;/h1-6,17-18H,7-8H2,(H,21,22,23)(H,24,25,26);;;;/q;2*+1;2*-1. The summed E-state index contributed by atoms with van der Waals surface area (Å²) in [5, 5.41) is 0. The molecule has 0 aliphatic heterocycles. The molecule has 3 rings (SSSR count). The molecule has 0 bridgehead atoms. The van der Waals surface area contributed by atoms with Crippen molar-refractivity contribution in [1.82, 2.24) is 9.44 Å². The second kappa shape index (κ2) is 11.7. The van der Waals surface area contributed by atoms with Crippen molar-refractivity contribution in [3.05, 3.63) is 58.7 Å². The number of nitrogens with one attached hydrogen (secondary N) is 2. The predicted molar refractivity (Wildman–Crippen MR) is 115 cm³/mol. The molecular formula is C16H16N2Na2O12S4. The van der Waals surface area contributed by atoms with Crippen LogP contribution in [0.5, 0.6) is 0 Å². The molecule has 0 saturated carbocycles. The Labute approximate surface area is 253 Å². The van der Waals surface area contributed by atoms with Crippen molar-refractivity contribution < 1.29 is 114 Å². The summed E-state index contributed by atoms with van der Waals surface area (Å²) in [6, 6.07) is 5.38. The van der Waals surface area contributed by atoms with Crippen molar-refractivity contribution in [2.75, 3.05) is 11.8 Å². The Morgan fingerprint density at radius 3 is 1.17 bits per heavy atom. The van der Waals surface area contributed by atoms with E-state index < -0.39 is 73.4 Å². The predicted octanol–water partition coefficient (Wildman–Crippen LogP) is -7.06. The fraction of sp³-hybridized carbons (Fsp3) is 0.125. The Hall–Kier alpha value is -0.580. The summed E-state index contributed by atoms with van der Waals surface area (Å²) in [4.78, 5) is 24.6. The van der Waals surface area contributed by atoms with Crippen LogP contribution in [0.4, 0.5) is 0 Å². The molecule has 0 aromatic heterocycles. The van der Waals surface area contributed by atoms with E-state index in [9.17, 15) is 43.3 Å². The van der Waals surface area contributed by atoms with Crippen molar-refractivity contribution in [2.24, 2.45) is 0 Å². The van der Waals surface area contributed by atoms with Gasteiger partial charge < -0.3 is 2.85 Å². The third kappa shape index (κ3) is 7.73. The Morgan fingerprint density at radius 2 is 0.889 bits per heavy atom. The molecule has 0 amide bonds. The summed E-state index contributed by atoms with van der Waals surface area (Å²) >= 11 is 0. The first-order chi connectivity index (χ1) is 15.4. The molecule has 0 spiro atoms. The first-order valence-electron chi connectivity index (χ1n) is 8.68. The molecule has 20 heteroatoms. The molecule has 2 aromatic carbocycles. The molecule has 0 radical (unpaired) electrons. The van der Waals surface area contributed by atoms with Crippen molar-refractivity contribution in [3.63, 3.8) is 0 Å². The third-order valence-electron chi connectivity index (χ3n) is 4.44. The number of hydrogen-bond donors (Lipinski definition) is 4. The molecule has 0 saturated heterocycles. The zero-order chi connectivity index (χ0) is 25.7. The number of rotatable bonds is 8. The number of carbonyl (C=O) groups excluding carboxylic acids is 2. The van der Waals surface area contributed by atoms with E-state index in [-0.39, 0.29) is 84.2 Å². The summed E-state index contributed by atoms with van der Waals surface area (Å²) in [5.74, 6) is -4.34. The maximum Gasteiger partial charge on any atom is 1.00 e. The average molecular weight is 603 g/mol. The molecule has 188 valence electrons. The van der Waals surface area contributed by atoms with Crippen LogP contribution >= 0.6 is 0 Å². The van der Waals surface area contributed by atoms with Gasteiger partial charge in [-0.15, -0.1) is 0 Å². The van der Waals surface area contributed by atoms with Crippen molar-refractivity contribution in [1.29, 1.82) is 0 Å². The van der Waals surface area contributed by atoms with E-state index in [0.29, 0.717) is 0 Å². The van der Waals surface area contributed by atoms with Crippen LogP contribution in [0.15, 0.2) is 46.2 Å². The summed E-state index contributed by atoms with van der Waals surface area (Å²) in [7, 11) is -18.4. The molecule has 0 heterocycles. The molecule has 36 heavy (non-hydrogen) atoms.